The molecule has 1 aromatic heterocycles. The molecule has 5 nitrogen and oxygen atoms in total. The molecule has 2 aromatic rings. The number of carbonyl (C=O) groups is 2. The zero-order valence-electron chi connectivity index (χ0n) is 16.3. The Morgan fingerprint density at radius 3 is 2.71 bits per heavy atom. The molecule has 0 unspecified atom stereocenters. The van der Waals surface area contributed by atoms with Crippen LogP contribution >= 0.6 is 11.3 Å². The minimum absolute atomic E-state index is 0.0255. The van der Waals surface area contributed by atoms with Crippen molar-refractivity contribution in [2.24, 2.45) is 0 Å². The number of fused-ring (bicyclic) bond motifs is 1. The van der Waals surface area contributed by atoms with Gasteiger partial charge in [0.15, 0.2) is 0 Å². The third-order valence-electron chi connectivity index (χ3n) is 5.72. The lowest BCUT2D eigenvalue weighted by Gasteiger charge is -2.32. The summed E-state index contributed by atoms with van der Waals surface area (Å²) in [4.78, 5) is 29.2. The molecule has 28 heavy (non-hydrogen) atoms. The molecule has 1 saturated heterocycles. The van der Waals surface area contributed by atoms with Crippen LogP contribution in [0.2, 0.25) is 0 Å². The average Bonchev–Trinajstić information content (AvgIpc) is 3.25. The second-order valence-corrected chi connectivity index (χ2v) is 8.85. The van der Waals surface area contributed by atoms with Crippen molar-refractivity contribution in [3.05, 3.63) is 46.3 Å². The van der Waals surface area contributed by atoms with Crippen molar-refractivity contribution in [1.82, 2.24) is 4.90 Å². The number of nitrogens with zero attached hydrogens (tertiary/aromatic N) is 1. The van der Waals surface area contributed by atoms with E-state index in [0.717, 1.165) is 49.9 Å². The summed E-state index contributed by atoms with van der Waals surface area (Å²) >= 11 is 1.57. The fourth-order valence-electron chi connectivity index (χ4n) is 4.19. The Kier molecular flexibility index (Phi) is 5.78. The third-order valence-corrected chi connectivity index (χ3v) is 6.93. The van der Waals surface area contributed by atoms with Crippen molar-refractivity contribution < 1.29 is 9.59 Å². The Morgan fingerprint density at radius 2 is 1.93 bits per heavy atom. The van der Waals surface area contributed by atoms with Crippen LogP contribution in [0.1, 0.15) is 53.4 Å². The number of thiophene rings is 1. The van der Waals surface area contributed by atoms with Gasteiger partial charge in [-0.05, 0) is 63.3 Å². The maximum absolute atomic E-state index is 13.0. The average molecular weight is 398 g/mol. The van der Waals surface area contributed by atoms with E-state index in [0.29, 0.717) is 23.2 Å². The van der Waals surface area contributed by atoms with E-state index in [9.17, 15) is 9.59 Å². The Balaban J connectivity index is 1.51. The normalized spacial score (nSPS) is 19.2. The first-order valence-corrected chi connectivity index (χ1v) is 11.0. The van der Waals surface area contributed by atoms with Gasteiger partial charge in [-0.15, -0.1) is 11.3 Å². The number of likely N-dealkylation sites (tertiary alicyclic amines) is 1. The highest BCUT2D eigenvalue weighted by atomic mass is 32.1. The topological polar surface area (TPSA) is 61.4 Å². The van der Waals surface area contributed by atoms with Crippen LogP contribution in [0.4, 0.5) is 10.7 Å². The number of carbonyl (C=O) groups excluding carboxylic acids is 2. The molecule has 0 bridgehead atoms. The summed E-state index contributed by atoms with van der Waals surface area (Å²) < 4.78 is 0. The predicted octanol–water partition coefficient (Wildman–Crippen LogP) is 4.30. The van der Waals surface area contributed by atoms with Gasteiger partial charge in [0, 0.05) is 16.6 Å². The van der Waals surface area contributed by atoms with Crippen molar-refractivity contribution in [2.75, 3.05) is 23.7 Å². The number of nitrogens with one attached hydrogen (secondary N) is 2. The molecule has 2 heterocycles. The molecule has 0 spiro atoms. The SMILES string of the molecule is C[C@@H]1CCCCN1CC(=O)Nc1sc2c(c1C(=O)Nc1ccccc1)CCC2. The van der Waals surface area contributed by atoms with Gasteiger partial charge >= 0.3 is 0 Å². The van der Waals surface area contributed by atoms with Crippen LogP contribution in [0.25, 0.3) is 0 Å². The molecule has 148 valence electrons. The quantitative estimate of drug-likeness (QED) is 0.791. The van der Waals surface area contributed by atoms with Crippen LogP contribution in [-0.2, 0) is 17.6 Å². The summed E-state index contributed by atoms with van der Waals surface area (Å²) in [6.07, 6.45) is 6.50. The number of para-hydroxylation sites is 1. The van der Waals surface area contributed by atoms with Gasteiger partial charge in [0.25, 0.3) is 5.91 Å². The molecule has 1 aliphatic heterocycles. The summed E-state index contributed by atoms with van der Waals surface area (Å²) in [5, 5.41) is 6.74. The first kappa shape index (κ1) is 19.2. The Labute approximate surface area is 170 Å². The number of amides is 2. The summed E-state index contributed by atoms with van der Waals surface area (Å²) in [6, 6.07) is 9.91. The number of rotatable bonds is 5. The zero-order chi connectivity index (χ0) is 19.5. The van der Waals surface area contributed by atoms with Crippen LogP contribution in [0.3, 0.4) is 0 Å². The van der Waals surface area contributed by atoms with Gasteiger partial charge in [0.2, 0.25) is 5.91 Å². The Bertz CT molecular complexity index is 862. The Morgan fingerprint density at radius 1 is 1.11 bits per heavy atom. The number of hydrogen-bond acceptors (Lipinski definition) is 4. The van der Waals surface area contributed by atoms with Crippen molar-refractivity contribution in [1.29, 1.82) is 0 Å². The van der Waals surface area contributed by atoms with E-state index in [4.69, 9.17) is 0 Å². The molecule has 4 rings (SSSR count). The summed E-state index contributed by atoms with van der Waals surface area (Å²) in [7, 11) is 0. The lowest BCUT2D eigenvalue weighted by atomic mass is 10.0. The van der Waals surface area contributed by atoms with Crippen molar-refractivity contribution >= 4 is 33.8 Å². The third kappa shape index (κ3) is 4.13. The van der Waals surface area contributed by atoms with Crippen molar-refractivity contribution in [2.45, 2.75) is 51.5 Å². The highest BCUT2D eigenvalue weighted by molar-refractivity contribution is 7.17. The van der Waals surface area contributed by atoms with Crippen LogP contribution < -0.4 is 10.6 Å². The van der Waals surface area contributed by atoms with E-state index in [1.54, 1.807) is 11.3 Å². The highest BCUT2D eigenvalue weighted by Gasteiger charge is 2.28. The smallest absolute Gasteiger partial charge is 0.258 e. The standard InChI is InChI=1S/C22H27N3O2S/c1-15-8-5-6-13-25(15)14-19(26)24-22-20(17-11-7-12-18(17)28-22)21(27)23-16-9-3-2-4-10-16/h2-4,9-10,15H,5-8,11-14H2,1H3,(H,23,27)(H,24,26)/t15-/m1/s1. The van der Waals surface area contributed by atoms with Crippen molar-refractivity contribution in [3.8, 4) is 0 Å². The Hall–Kier alpha value is -2.18. The number of hydrogen-bond donors (Lipinski definition) is 2. The molecule has 0 saturated carbocycles. The minimum Gasteiger partial charge on any atom is -0.322 e. The summed E-state index contributed by atoms with van der Waals surface area (Å²) in [5.41, 5.74) is 2.53. The molecule has 0 radical (unpaired) electrons. The number of aryl methyl sites for hydroxylation is 1. The van der Waals surface area contributed by atoms with E-state index >= 15 is 0 Å². The second-order valence-electron chi connectivity index (χ2n) is 7.75. The van der Waals surface area contributed by atoms with Gasteiger partial charge in [-0.3, -0.25) is 14.5 Å². The van der Waals surface area contributed by atoms with Gasteiger partial charge in [-0.1, -0.05) is 24.6 Å². The van der Waals surface area contributed by atoms with Crippen LogP contribution in [0.5, 0.6) is 0 Å². The van der Waals surface area contributed by atoms with E-state index in [-0.39, 0.29) is 11.8 Å². The van der Waals surface area contributed by atoms with Crippen LogP contribution in [0.15, 0.2) is 30.3 Å². The van der Waals surface area contributed by atoms with Crippen molar-refractivity contribution in [3.63, 3.8) is 0 Å². The number of anilines is 2. The molecule has 1 aromatic carbocycles. The summed E-state index contributed by atoms with van der Waals surface area (Å²) in [6.45, 7) is 3.55. The highest BCUT2D eigenvalue weighted by Crippen LogP contribution is 2.39. The number of benzene rings is 1. The van der Waals surface area contributed by atoms with Crippen LogP contribution in [0, 0.1) is 0 Å². The molecular formula is C22H27N3O2S. The van der Waals surface area contributed by atoms with Crippen LogP contribution in [-0.4, -0.2) is 35.8 Å². The predicted molar refractivity (Wildman–Crippen MR) is 114 cm³/mol. The van der Waals surface area contributed by atoms with E-state index in [1.165, 1.54) is 11.3 Å². The molecule has 2 aliphatic rings. The molecule has 2 N–H and O–H groups in total. The number of piperidine rings is 1. The van der Waals surface area contributed by atoms with E-state index < -0.39 is 0 Å². The largest absolute Gasteiger partial charge is 0.322 e. The molecule has 2 amide bonds. The minimum atomic E-state index is -0.132. The zero-order valence-corrected chi connectivity index (χ0v) is 17.1. The van der Waals surface area contributed by atoms with E-state index in [1.807, 2.05) is 30.3 Å². The lowest BCUT2D eigenvalue weighted by molar-refractivity contribution is -0.118. The molecule has 1 fully saturated rings. The lowest BCUT2D eigenvalue weighted by Crippen LogP contribution is -2.42. The maximum atomic E-state index is 13.0. The molecule has 1 aliphatic carbocycles. The fourth-order valence-corrected chi connectivity index (χ4v) is 5.49. The van der Waals surface area contributed by atoms with Gasteiger partial charge < -0.3 is 10.6 Å². The van der Waals surface area contributed by atoms with Gasteiger partial charge in [0.1, 0.15) is 5.00 Å². The van der Waals surface area contributed by atoms with Gasteiger partial charge in [0.05, 0.1) is 12.1 Å². The summed E-state index contributed by atoms with van der Waals surface area (Å²) in [5.74, 6) is -0.158. The van der Waals surface area contributed by atoms with Gasteiger partial charge in [-0.2, -0.15) is 0 Å². The second kappa shape index (κ2) is 8.45. The molecule has 1 atom stereocenters. The molecule has 6 heteroatoms. The molecular weight excluding hydrogens is 370 g/mol. The maximum Gasteiger partial charge on any atom is 0.258 e. The first-order valence-electron chi connectivity index (χ1n) is 10.2. The fraction of sp³-hybridized carbons (Fsp3) is 0.455. The first-order chi connectivity index (χ1) is 13.6. The monoisotopic (exact) mass is 397 g/mol. The van der Waals surface area contributed by atoms with E-state index in [2.05, 4.69) is 22.5 Å². The van der Waals surface area contributed by atoms with Gasteiger partial charge in [-0.25, -0.2) is 0 Å².